The maximum atomic E-state index is 11.7. The zero-order chi connectivity index (χ0) is 15.0. The molecular formula is C16H8Cl3NO. The standard InChI is InChI=1S/C16H8Cl3NO/c17-9-5-6-14-11(7-9)12(16(19)21)8-15(20-14)10-3-1-2-4-13(10)18/h1-8H. The first-order valence-electron chi connectivity index (χ1n) is 6.11. The third kappa shape index (κ3) is 2.75. The number of halogens is 3. The first-order valence-corrected chi connectivity index (χ1v) is 7.24. The van der Waals surface area contributed by atoms with Crippen molar-refractivity contribution >= 4 is 50.9 Å². The van der Waals surface area contributed by atoms with Gasteiger partial charge in [0.05, 0.1) is 11.2 Å². The van der Waals surface area contributed by atoms with Gasteiger partial charge in [-0.05, 0) is 41.9 Å². The number of aromatic nitrogens is 1. The summed E-state index contributed by atoms with van der Waals surface area (Å²) in [6.45, 7) is 0. The Morgan fingerprint density at radius 3 is 2.48 bits per heavy atom. The molecule has 0 N–H and O–H groups in total. The van der Waals surface area contributed by atoms with Crippen molar-refractivity contribution in [2.24, 2.45) is 0 Å². The molecule has 0 amide bonds. The van der Waals surface area contributed by atoms with Crippen LogP contribution in [-0.2, 0) is 0 Å². The maximum absolute atomic E-state index is 11.7. The van der Waals surface area contributed by atoms with Crippen LogP contribution in [0.5, 0.6) is 0 Å². The van der Waals surface area contributed by atoms with Crippen molar-refractivity contribution in [3.8, 4) is 11.3 Å². The van der Waals surface area contributed by atoms with Crippen molar-refractivity contribution in [2.45, 2.75) is 0 Å². The maximum Gasteiger partial charge on any atom is 0.253 e. The Balaban J connectivity index is 2.34. The van der Waals surface area contributed by atoms with Crippen LogP contribution in [0.4, 0.5) is 0 Å². The summed E-state index contributed by atoms with van der Waals surface area (Å²) in [6.07, 6.45) is 0. The smallest absolute Gasteiger partial charge is 0.253 e. The van der Waals surface area contributed by atoms with E-state index < -0.39 is 5.24 Å². The fourth-order valence-electron chi connectivity index (χ4n) is 2.17. The molecule has 3 aromatic rings. The van der Waals surface area contributed by atoms with Gasteiger partial charge < -0.3 is 0 Å². The quantitative estimate of drug-likeness (QED) is 0.571. The average Bonchev–Trinajstić information content (AvgIpc) is 2.46. The van der Waals surface area contributed by atoms with E-state index in [1.165, 1.54) is 0 Å². The average molecular weight is 337 g/mol. The Morgan fingerprint density at radius 1 is 1.00 bits per heavy atom. The number of rotatable bonds is 2. The van der Waals surface area contributed by atoms with Gasteiger partial charge in [-0.1, -0.05) is 41.4 Å². The fraction of sp³-hybridized carbons (Fsp3) is 0. The van der Waals surface area contributed by atoms with Crippen molar-refractivity contribution in [2.75, 3.05) is 0 Å². The van der Waals surface area contributed by atoms with Crippen molar-refractivity contribution < 1.29 is 4.79 Å². The second-order valence-corrected chi connectivity index (χ2v) is 5.66. The molecule has 1 heterocycles. The topological polar surface area (TPSA) is 30.0 Å². The third-order valence-electron chi connectivity index (χ3n) is 3.13. The highest BCUT2D eigenvalue weighted by molar-refractivity contribution is 6.68. The van der Waals surface area contributed by atoms with E-state index in [0.717, 1.165) is 5.56 Å². The molecule has 1 aromatic heterocycles. The van der Waals surface area contributed by atoms with Crippen LogP contribution in [0.1, 0.15) is 10.4 Å². The highest BCUT2D eigenvalue weighted by Gasteiger charge is 2.14. The Hall–Kier alpha value is -1.61. The van der Waals surface area contributed by atoms with Gasteiger partial charge in [-0.15, -0.1) is 0 Å². The summed E-state index contributed by atoms with van der Waals surface area (Å²) in [5.41, 5.74) is 2.34. The largest absolute Gasteiger partial charge is 0.276 e. The summed E-state index contributed by atoms with van der Waals surface area (Å²) in [7, 11) is 0. The molecule has 0 saturated heterocycles. The zero-order valence-electron chi connectivity index (χ0n) is 10.6. The molecule has 0 saturated carbocycles. The van der Waals surface area contributed by atoms with Crippen molar-refractivity contribution in [1.82, 2.24) is 4.98 Å². The van der Waals surface area contributed by atoms with Gasteiger partial charge in [0.25, 0.3) is 5.24 Å². The number of hydrogen-bond acceptors (Lipinski definition) is 2. The van der Waals surface area contributed by atoms with Gasteiger partial charge >= 0.3 is 0 Å². The summed E-state index contributed by atoms with van der Waals surface area (Å²) in [5.74, 6) is 0. The number of pyridine rings is 1. The van der Waals surface area contributed by atoms with Crippen LogP contribution in [0, 0.1) is 0 Å². The number of nitrogens with zero attached hydrogens (tertiary/aromatic N) is 1. The van der Waals surface area contributed by atoms with Crippen LogP contribution >= 0.6 is 34.8 Å². The van der Waals surface area contributed by atoms with E-state index in [0.29, 0.717) is 32.2 Å². The second kappa shape index (κ2) is 5.64. The summed E-state index contributed by atoms with van der Waals surface area (Å²) in [6, 6.07) is 14.1. The molecule has 0 aliphatic rings. The molecular weight excluding hydrogens is 329 g/mol. The van der Waals surface area contributed by atoms with Gasteiger partial charge in [-0.2, -0.15) is 0 Å². The lowest BCUT2D eigenvalue weighted by atomic mass is 10.0. The van der Waals surface area contributed by atoms with E-state index in [1.54, 1.807) is 30.3 Å². The van der Waals surface area contributed by atoms with Crippen LogP contribution in [0.2, 0.25) is 10.0 Å². The molecule has 0 bridgehead atoms. The molecule has 21 heavy (non-hydrogen) atoms. The van der Waals surface area contributed by atoms with Crippen LogP contribution in [0.15, 0.2) is 48.5 Å². The van der Waals surface area contributed by atoms with Gasteiger partial charge in [0.2, 0.25) is 0 Å². The van der Waals surface area contributed by atoms with Crippen LogP contribution in [-0.4, -0.2) is 10.2 Å². The van der Waals surface area contributed by atoms with Crippen molar-refractivity contribution in [1.29, 1.82) is 0 Å². The number of benzene rings is 2. The van der Waals surface area contributed by atoms with Crippen LogP contribution < -0.4 is 0 Å². The lowest BCUT2D eigenvalue weighted by Crippen LogP contribution is -1.96. The zero-order valence-corrected chi connectivity index (χ0v) is 12.9. The summed E-state index contributed by atoms with van der Waals surface area (Å²) >= 11 is 17.9. The van der Waals surface area contributed by atoms with E-state index >= 15 is 0 Å². The van der Waals surface area contributed by atoms with Crippen molar-refractivity contribution in [3.05, 3.63) is 64.1 Å². The highest BCUT2D eigenvalue weighted by Crippen LogP contribution is 2.31. The summed E-state index contributed by atoms with van der Waals surface area (Å²) < 4.78 is 0. The monoisotopic (exact) mass is 335 g/mol. The minimum absolute atomic E-state index is 0.360. The summed E-state index contributed by atoms with van der Waals surface area (Å²) in [4.78, 5) is 16.2. The number of carbonyl (C=O) groups excluding carboxylic acids is 1. The molecule has 5 heteroatoms. The van der Waals surface area contributed by atoms with Gasteiger partial charge in [0.15, 0.2) is 0 Å². The minimum atomic E-state index is -0.557. The van der Waals surface area contributed by atoms with Gasteiger partial charge in [0, 0.05) is 26.6 Å². The minimum Gasteiger partial charge on any atom is -0.276 e. The number of carbonyl (C=O) groups is 1. The molecule has 0 fully saturated rings. The molecule has 0 atom stereocenters. The first-order chi connectivity index (χ1) is 10.1. The second-order valence-electron chi connectivity index (χ2n) is 4.47. The highest BCUT2D eigenvalue weighted by atomic mass is 35.5. The van der Waals surface area contributed by atoms with Crippen molar-refractivity contribution in [3.63, 3.8) is 0 Å². The molecule has 0 spiro atoms. The molecule has 2 aromatic carbocycles. The van der Waals surface area contributed by atoms with E-state index in [9.17, 15) is 4.79 Å². The Kier molecular flexibility index (Phi) is 3.85. The van der Waals surface area contributed by atoms with E-state index in [2.05, 4.69) is 4.98 Å². The lowest BCUT2D eigenvalue weighted by molar-refractivity contribution is 0.108. The summed E-state index contributed by atoms with van der Waals surface area (Å²) in [5, 5.41) is 1.15. The number of hydrogen-bond donors (Lipinski definition) is 0. The molecule has 3 rings (SSSR count). The Labute approximate surface area is 136 Å². The van der Waals surface area contributed by atoms with Crippen LogP contribution in [0.25, 0.3) is 22.2 Å². The fourth-order valence-corrected chi connectivity index (χ4v) is 2.73. The first kappa shape index (κ1) is 14.3. The number of fused-ring (bicyclic) bond motifs is 1. The molecule has 2 nitrogen and oxygen atoms in total. The van der Waals surface area contributed by atoms with E-state index in [-0.39, 0.29) is 0 Å². The third-order valence-corrected chi connectivity index (χ3v) is 3.90. The lowest BCUT2D eigenvalue weighted by Gasteiger charge is -2.08. The Bertz CT molecular complexity index is 861. The van der Waals surface area contributed by atoms with Crippen LogP contribution in [0.3, 0.4) is 0 Å². The molecule has 0 radical (unpaired) electrons. The molecule has 0 unspecified atom stereocenters. The molecule has 0 aliphatic carbocycles. The van der Waals surface area contributed by atoms with Gasteiger partial charge in [0.1, 0.15) is 0 Å². The predicted molar refractivity (Wildman–Crippen MR) is 87.4 cm³/mol. The van der Waals surface area contributed by atoms with E-state index in [1.807, 2.05) is 18.2 Å². The molecule has 0 aliphatic heterocycles. The van der Waals surface area contributed by atoms with Gasteiger partial charge in [-0.3, -0.25) is 4.79 Å². The van der Waals surface area contributed by atoms with Gasteiger partial charge in [-0.25, -0.2) is 4.98 Å². The van der Waals surface area contributed by atoms with E-state index in [4.69, 9.17) is 34.8 Å². The molecule has 104 valence electrons. The Morgan fingerprint density at radius 2 is 1.76 bits per heavy atom. The predicted octanol–water partition coefficient (Wildman–Crippen LogP) is 5.59. The SMILES string of the molecule is O=C(Cl)c1cc(-c2ccccc2Cl)nc2ccc(Cl)cc12. The normalized spacial score (nSPS) is 10.8.